The normalized spacial score (nSPS) is 23.6. The molecule has 4 rings (SSSR count). The molecule has 2 fully saturated rings. The molecule has 132 valence electrons. The minimum atomic E-state index is -0.264. The molecule has 2 aliphatic rings. The summed E-state index contributed by atoms with van der Waals surface area (Å²) in [7, 11) is 1.88. The first-order chi connectivity index (χ1) is 12.1. The van der Waals surface area contributed by atoms with Crippen molar-refractivity contribution >= 4 is 11.8 Å². The lowest BCUT2D eigenvalue weighted by atomic mass is 10.0. The van der Waals surface area contributed by atoms with Gasteiger partial charge < -0.3 is 14.2 Å². The van der Waals surface area contributed by atoms with Crippen molar-refractivity contribution in [2.75, 3.05) is 13.1 Å². The van der Waals surface area contributed by atoms with E-state index in [1.165, 1.54) is 0 Å². The largest absolute Gasteiger partial charge is 0.467 e. The van der Waals surface area contributed by atoms with E-state index in [9.17, 15) is 9.59 Å². The van der Waals surface area contributed by atoms with Gasteiger partial charge in [0.25, 0.3) is 0 Å². The van der Waals surface area contributed by atoms with Crippen molar-refractivity contribution in [3.8, 4) is 0 Å². The van der Waals surface area contributed by atoms with Gasteiger partial charge in [-0.05, 0) is 25.0 Å². The lowest BCUT2D eigenvalue weighted by molar-refractivity contribution is -0.136. The maximum atomic E-state index is 13.0. The maximum absolute atomic E-state index is 13.0. The fourth-order valence-electron chi connectivity index (χ4n) is 3.90. The number of rotatable bonds is 4. The third-order valence-electron chi connectivity index (χ3n) is 5.14. The quantitative estimate of drug-likeness (QED) is 0.848. The molecule has 0 saturated carbocycles. The highest BCUT2D eigenvalue weighted by Crippen LogP contribution is 2.34. The van der Waals surface area contributed by atoms with Crippen LogP contribution in [0.15, 0.2) is 35.2 Å². The van der Waals surface area contributed by atoms with Gasteiger partial charge in [0, 0.05) is 38.3 Å². The fourth-order valence-corrected chi connectivity index (χ4v) is 3.90. The highest BCUT2D eigenvalue weighted by Gasteiger charge is 2.40. The lowest BCUT2D eigenvalue weighted by Crippen LogP contribution is -2.37. The van der Waals surface area contributed by atoms with E-state index in [2.05, 4.69) is 5.10 Å². The van der Waals surface area contributed by atoms with Crippen LogP contribution in [0, 0.1) is 5.92 Å². The standard InChI is InChI=1S/C18H22N4O3/c1-20-10-14(9-19-20)16-5-2-6-22(16)18(24)13-8-17(23)21(11-13)12-15-4-3-7-25-15/h3-4,7,9-10,13,16H,2,5-6,8,11-12H2,1H3. The summed E-state index contributed by atoms with van der Waals surface area (Å²) in [5.74, 6) is 0.587. The Bertz CT molecular complexity index is 767. The number of likely N-dealkylation sites (tertiary alicyclic amines) is 2. The predicted octanol–water partition coefficient (Wildman–Crippen LogP) is 1.73. The summed E-state index contributed by atoms with van der Waals surface area (Å²) in [4.78, 5) is 29.0. The Labute approximate surface area is 146 Å². The Morgan fingerprint density at radius 2 is 2.32 bits per heavy atom. The summed E-state index contributed by atoms with van der Waals surface area (Å²) in [6, 6.07) is 3.73. The van der Waals surface area contributed by atoms with E-state index >= 15 is 0 Å². The first-order valence-electron chi connectivity index (χ1n) is 8.71. The van der Waals surface area contributed by atoms with Gasteiger partial charge in [0.2, 0.25) is 11.8 Å². The first kappa shape index (κ1) is 15.9. The van der Waals surface area contributed by atoms with Gasteiger partial charge in [0.15, 0.2) is 0 Å². The summed E-state index contributed by atoms with van der Waals surface area (Å²) < 4.78 is 7.08. The number of aryl methyl sites for hydroxylation is 1. The summed E-state index contributed by atoms with van der Waals surface area (Å²) in [6.07, 6.45) is 7.63. The molecule has 7 nitrogen and oxygen atoms in total. The van der Waals surface area contributed by atoms with Gasteiger partial charge in [0.05, 0.1) is 31.0 Å². The topological polar surface area (TPSA) is 71.6 Å². The molecule has 2 aromatic rings. The van der Waals surface area contributed by atoms with E-state index in [1.807, 2.05) is 30.4 Å². The second kappa shape index (κ2) is 6.38. The van der Waals surface area contributed by atoms with Crippen LogP contribution in [0.2, 0.25) is 0 Å². The van der Waals surface area contributed by atoms with Crippen molar-refractivity contribution in [2.45, 2.75) is 31.8 Å². The summed E-state index contributed by atoms with van der Waals surface area (Å²) in [5, 5.41) is 4.22. The van der Waals surface area contributed by atoms with Crippen molar-refractivity contribution in [3.05, 3.63) is 42.1 Å². The molecule has 0 aliphatic carbocycles. The van der Waals surface area contributed by atoms with Crippen molar-refractivity contribution in [3.63, 3.8) is 0 Å². The van der Waals surface area contributed by atoms with Crippen LogP contribution in [0.3, 0.4) is 0 Å². The van der Waals surface area contributed by atoms with Gasteiger partial charge in [-0.1, -0.05) is 0 Å². The molecule has 2 amide bonds. The molecule has 2 aliphatic heterocycles. The molecule has 2 atom stereocenters. The van der Waals surface area contributed by atoms with Crippen LogP contribution in [-0.2, 0) is 23.2 Å². The Morgan fingerprint density at radius 1 is 1.44 bits per heavy atom. The van der Waals surface area contributed by atoms with Crippen LogP contribution < -0.4 is 0 Å². The zero-order chi connectivity index (χ0) is 17.4. The van der Waals surface area contributed by atoms with Crippen LogP contribution in [-0.4, -0.2) is 44.5 Å². The van der Waals surface area contributed by atoms with Crippen molar-refractivity contribution in [1.82, 2.24) is 19.6 Å². The molecular weight excluding hydrogens is 320 g/mol. The van der Waals surface area contributed by atoms with Crippen LogP contribution in [0.5, 0.6) is 0 Å². The Hall–Kier alpha value is -2.57. The molecule has 2 unspecified atom stereocenters. The molecule has 0 N–H and O–H groups in total. The predicted molar refractivity (Wildman–Crippen MR) is 89.1 cm³/mol. The summed E-state index contributed by atoms with van der Waals surface area (Å²) in [6.45, 7) is 1.65. The molecule has 2 saturated heterocycles. The molecule has 0 aromatic carbocycles. The van der Waals surface area contributed by atoms with E-state index in [-0.39, 0.29) is 30.2 Å². The monoisotopic (exact) mass is 342 g/mol. The van der Waals surface area contributed by atoms with Crippen LogP contribution in [0.25, 0.3) is 0 Å². The summed E-state index contributed by atoms with van der Waals surface area (Å²) in [5.41, 5.74) is 1.07. The Kier molecular flexibility index (Phi) is 4.07. The van der Waals surface area contributed by atoms with Gasteiger partial charge in [-0.15, -0.1) is 0 Å². The van der Waals surface area contributed by atoms with E-state index in [1.54, 1.807) is 21.9 Å². The zero-order valence-corrected chi connectivity index (χ0v) is 14.3. The second-order valence-corrected chi connectivity index (χ2v) is 6.89. The smallest absolute Gasteiger partial charge is 0.228 e. The van der Waals surface area contributed by atoms with Gasteiger partial charge in [0.1, 0.15) is 5.76 Å². The van der Waals surface area contributed by atoms with Crippen molar-refractivity contribution in [2.24, 2.45) is 13.0 Å². The van der Waals surface area contributed by atoms with Crippen molar-refractivity contribution in [1.29, 1.82) is 0 Å². The number of amides is 2. The second-order valence-electron chi connectivity index (χ2n) is 6.89. The lowest BCUT2D eigenvalue weighted by Gasteiger charge is -2.26. The van der Waals surface area contributed by atoms with Crippen LogP contribution in [0.1, 0.15) is 36.6 Å². The molecule has 0 spiro atoms. The number of carbonyl (C=O) groups excluding carboxylic acids is 2. The molecule has 7 heteroatoms. The maximum Gasteiger partial charge on any atom is 0.228 e. The minimum Gasteiger partial charge on any atom is -0.467 e. The number of hydrogen-bond donors (Lipinski definition) is 0. The molecule has 4 heterocycles. The van der Waals surface area contributed by atoms with Crippen molar-refractivity contribution < 1.29 is 14.0 Å². The number of hydrogen-bond acceptors (Lipinski definition) is 4. The van der Waals surface area contributed by atoms with Crippen LogP contribution >= 0.6 is 0 Å². The molecule has 25 heavy (non-hydrogen) atoms. The SMILES string of the molecule is Cn1cc(C2CCCN2C(=O)C2CC(=O)N(Cc3ccco3)C2)cn1. The average Bonchev–Trinajstić information content (AvgIpc) is 3.35. The molecular formula is C18H22N4O3. The van der Waals surface area contributed by atoms with E-state index in [0.717, 1.165) is 30.7 Å². The third-order valence-corrected chi connectivity index (χ3v) is 5.14. The van der Waals surface area contributed by atoms with Gasteiger partial charge in [-0.25, -0.2) is 0 Å². The highest BCUT2D eigenvalue weighted by atomic mass is 16.3. The van der Waals surface area contributed by atoms with E-state index < -0.39 is 0 Å². The Balaban J connectivity index is 1.44. The average molecular weight is 342 g/mol. The molecule has 2 aromatic heterocycles. The molecule has 0 bridgehead atoms. The molecule has 0 radical (unpaired) electrons. The van der Waals surface area contributed by atoms with E-state index in [0.29, 0.717) is 13.1 Å². The van der Waals surface area contributed by atoms with E-state index in [4.69, 9.17) is 4.42 Å². The first-order valence-corrected chi connectivity index (χ1v) is 8.71. The third kappa shape index (κ3) is 3.06. The highest BCUT2D eigenvalue weighted by molar-refractivity contribution is 5.89. The number of furan rings is 1. The zero-order valence-electron chi connectivity index (χ0n) is 14.3. The van der Waals surface area contributed by atoms with Gasteiger partial charge in [-0.2, -0.15) is 5.10 Å². The summed E-state index contributed by atoms with van der Waals surface area (Å²) >= 11 is 0. The number of carbonyl (C=O) groups is 2. The Morgan fingerprint density at radius 3 is 3.04 bits per heavy atom. The van der Waals surface area contributed by atoms with Gasteiger partial charge >= 0.3 is 0 Å². The number of aromatic nitrogens is 2. The minimum absolute atomic E-state index is 0.0203. The fraction of sp³-hybridized carbons (Fsp3) is 0.500. The number of nitrogens with zero attached hydrogens (tertiary/aromatic N) is 4. The van der Waals surface area contributed by atoms with Gasteiger partial charge in [-0.3, -0.25) is 14.3 Å². The van der Waals surface area contributed by atoms with Crippen LogP contribution in [0.4, 0.5) is 0 Å².